The molecular formula is C32H30N2O. The Kier molecular flexibility index (Phi) is 5.21. The third kappa shape index (κ3) is 3.54. The second kappa shape index (κ2) is 8.42. The fourth-order valence-corrected chi connectivity index (χ4v) is 6.11. The highest BCUT2D eigenvalue weighted by molar-refractivity contribution is 6.06. The van der Waals surface area contributed by atoms with Crippen LogP contribution in [0.5, 0.6) is 0 Å². The molecule has 1 amide bonds. The Morgan fingerprint density at radius 2 is 1.49 bits per heavy atom. The minimum atomic E-state index is -0.363. The van der Waals surface area contributed by atoms with Crippen LogP contribution in [0.1, 0.15) is 50.2 Å². The number of rotatable bonds is 3. The predicted octanol–water partition coefficient (Wildman–Crippen LogP) is 6.81. The Morgan fingerprint density at radius 3 is 2.23 bits per heavy atom. The van der Waals surface area contributed by atoms with Crippen LogP contribution in [0.3, 0.4) is 0 Å². The molecule has 4 aromatic carbocycles. The SMILES string of the molecule is Cc1cccc(C)c1C1(c2ccc(C(=O)N3CCCc4ccccc43)cc2)Cc2ccccc2N1. The Hall–Kier alpha value is -3.85. The minimum Gasteiger partial charge on any atom is -0.371 e. The molecule has 0 saturated heterocycles. The first-order valence-electron chi connectivity index (χ1n) is 12.5. The van der Waals surface area contributed by atoms with E-state index in [4.69, 9.17) is 0 Å². The lowest BCUT2D eigenvalue weighted by Gasteiger charge is -2.35. The molecule has 0 radical (unpaired) electrons. The van der Waals surface area contributed by atoms with Gasteiger partial charge in [-0.25, -0.2) is 0 Å². The first kappa shape index (κ1) is 21.7. The Morgan fingerprint density at radius 1 is 0.800 bits per heavy atom. The van der Waals surface area contributed by atoms with Crippen molar-refractivity contribution in [1.29, 1.82) is 0 Å². The zero-order chi connectivity index (χ0) is 24.0. The smallest absolute Gasteiger partial charge is 0.258 e. The topological polar surface area (TPSA) is 32.3 Å². The first-order chi connectivity index (χ1) is 17.1. The maximum atomic E-state index is 13.5. The highest BCUT2D eigenvalue weighted by atomic mass is 16.2. The molecule has 0 bridgehead atoms. The van der Waals surface area contributed by atoms with E-state index in [1.807, 2.05) is 23.1 Å². The van der Waals surface area contributed by atoms with Crippen molar-refractivity contribution >= 4 is 17.3 Å². The van der Waals surface area contributed by atoms with Gasteiger partial charge in [0.2, 0.25) is 0 Å². The van der Waals surface area contributed by atoms with Crippen molar-refractivity contribution in [2.24, 2.45) is 0 Å². The quantitative estimate of drug-likeness (QED) is 0.366. The van der Waals surface area contributed by atoms with E-state index in [1.54, 1.807) is 0 Å². The van der Waals surface area contributed by atoms with E-state index >= 15 is 0 Å². The number of anilines is 2. The molecule has 3 nitrogen and oxygen atoms in total. The van der Waals surface area contributed by atoms with E-state index in [-0.39, 0.29) is 11.4 Å². The van der Waals surface area contributed by atoms with Gasteiger partial charge in [-0.15, -0.1) is 0 Å². The zero-order valence-corrected chi connectivity index (χ0v) is 20.3. The number of fused-ring (bicyclic) bond motifs is 2. The summed E-state index contributed by atoms with van der Waals surface area (Å²) in [6.07, 6.45) is 2.91. The van der Waals surface area contributed by atoms with Gasteiger partial charge in [0.1, 0.15) is 0 Å². The third-order valence-corrected chi connectivity index (χ3v) is 7.71. The van der Waals surface area contributed by atoms with Gasteiger partial charge in [0, 0.05) is 29.9 Å². The van der Waals surface area contributed by atoms with Gasteiger partial charge in [0.15, 0.2) is 0 Å². The van der Waals surface area contributed by atoms with E-state index in [1.165, 1.54) is 39.1 Å². The van der Waals surface area contributed by atoms with Gasteiger partial charge in [-0.3, -0.25) is 4.79 Å². The van der Waals surface area contributed by atoms with Crippen molar-refractivity contribution in [2.75, 3.05) is 16.8 Å². The van der Waals surface area contributed by atoms with Crippen LogP contribution in [-0.4, -0.2) is 12.5 Å². The highest BCUT2D eigenvalue weighted by Crippen LogP contribution is 2.46. The Balaban J connectivity index is 1.40. The van der Waals surface area contributed by atoms with Crippen LogP contribution in [0.4, 0.5) is 11.4 Å². The van der Waals surface area contributed by atoms with Gasteiger partial charge in [-0.05, 0) is 84.3 Å². The number of para-hydroxylation sites is 2. The van der Waals surface area contributed by atoms with Crippen LogP contribution in [0.2, 0.25) is 0 Å². The fraction of sp³-hybridized carbons (Fsp3) is 0.219. The van der Waals surface area contributed by atoms with E-state index in [0.29, 0.717) is 0 Å². The molecule has 1 atom stereocenters. The molecule has 1 N–H and O–H groups in total. The summed E-state index contributed by atoms with van der Waals surface area (Å²) >= 11 is 0. The highest BCUT2D eigenvalue weighted by Gasteiger charge is 2.42. The maximum Gasteiger partial charge on any atom is 0.258 e. The monoisotopic (exact) mass is 458 g/mol. The molecule has 35 heavy (non-hydrogen) atoms. The molecule has 174 valence electrons. The summed E-state index contributed by atoms with van der Waals surface area (Å²) in [6, 6.07) is 31.7. The van der Waals surface area contributed by atoms with Crippen molar-refractivity contribution < 1.29 is 4.79 Å². The molecule has 0 aromatic heterocycles. The van der Waals surface area contributed by atoms with Crippen molar-refractivity contribution in [1.82, 2.24) is 0 Å². The van der Waals surface area contributed by atoms with Crippen LogP contribution in [0.15, 0.2) is 91.0 Å². The van der Waals surface area contributed by atoms with Crippen LogP contribution in [0, 0.1) is 13.8 Å². The van der Waals surface area contributed by atoms with E-state index in [2.05, 4.69) is 92.0 Å². The van der Waals surface area contributed by atoms with E-state index < -0.39 is 0 Å². The van der Waals surface area contributed by atoms with Crippen LogP contribution in [0.25, 0.3) is 0 Å². The summed E-state index contributed by atoms with van der Waals surface area (Å²) in [7, 11) is 0. The Bertz CT molecular complexity index is 1370. The normalized spacial score (nSPS) is 18.5. The van der Waals surface area contributed by atoms with Crippen molar-refractivity contribution in [3.05, 3.63) is 130 Å². The number of amides is 1. The lowest BCUT2D eigenvalue weighted by molar-refractivity contribution is 0.0985. The number of carbonyl (C=O) groups excluding carboxylic acids is 1. The minimum absolute atomic E-state index is 0.0764. The summed E-state index contributed by atoms with van der Waals surface area (Å²) in [6.45, 7) is 5.15. The van der Waals surface area contributed by atoms with Gasteiger partial charge in [0.05, 0.1) is 5.54 Å². The van der Waals surface area contributed by atoms with Crippen molar-refractivity contribution in [2.45, 2.75) is 38.6 Å². The lowest BCUT2D eigenvalue weighted by Crippen LogP contribution is -2.37. The van der Waals surface area contributed by atoms with Crippen LogP contribution in [-0.2, 0) is 18.4 Å². The molecule has 0 aliphatic carbocycles. The van der Waals surface area contributed by atoms with Crippen LogP contribution < -0.4 is 10.2 Å². The third-order valence-electron chi connectivity index (χ3n) is 7.71. The van der Waals surface area contributed by atoms with Gasteiger partial charge < -0.3 is 10.2 Å². The molecule has 0 fully saturated rings. The number of benzene rings is 4. The Labute approximate surface area is 207 Å². The first-order valence-corrected chi connectivity index (χ1v) is 12.5. The number of hydrogen-bond donors (Lipinski definition) is 1. The molecule has 4 aromatic rings. The average Bonchev–Trinajstić information content (AvgIpc) is 3.28. The maximum absolute atomic E-state index is 13.5. The molecule has 3 heteroatoms. The van der Waals surface area contributed by atoms with Crippen molar-refractivity contribution in [3.63, 3.8) is 0 Å². The summed E-state index contributed by atoms with van der Waals surface area (Å²) in [5.74, 6) is 0.0764. The van der Waals surface area contributed by atoms with Gasteiger partial charge in [-0.1, -0.05) is 66.7 Å². The van der Waals surface area contributed by atoms with E-state index in [0.717, 1.165) is 37.1 Å². The number of carbonyl (C=O) groups is 1. The summed E-state index contributed by atoms with van der Waals surface area (Å²) < 4.78 is 0. The summed E-state index contributed by atoms with van der Waals surface area (Å²) in [5.41, 5.74) is 10.2. The number of nitrogens with zero attached hydrogens (tertiary/aromatic N) is 1. The summed E-state index contributed by atoms with van der Waals surface area (Å²) in [5, 5.41) is 3.89. The molecule has 0 saturated carbocycles. The van der Waals surface area contributed by atoms with Gasteiger partial charge in [-0.2, -0.15) is 0 Å². The molecule has 2 aliphatic rings. The largest absolute Gasteiger partial charge is 0.371 e. The molecule has 0 spiro atoms. The average molecular weight is 459 g/mol. The number of aryl methyl sites for hydroxylation is 3. The second-order valence-electron chi connectivity index (χ2n) is 9.90. The molecule has 2 aliphatic heterocycles. The number of hydrogen-bond acceptors (Lipinski definition) is 2. The van der Waals surface area contributed by atoms with Gasteiger partial charge >= 0.3 is 0 Å². The number of nitrogens with one attached hydrogen (secondary N) is 1. The molecule has 2 heterocycles. The van der Waals surface area contributed by atoms with E-state index in [9.17, 15) is 4.79 Å². The standard InChI is InChI=1S/C32H30N2O/c1-22-9-7-10-23(2)30(22)32(21-26-12-3-5-14-28(26)33-32)27-18-16-25(17-19-27)31(35)34-20-8-13-24-11-4-6-15-29(24)34/h3-7,9-12,14-19,33H,8,13,20-21H2,1-2H3. The lowest BCUT2D eigenvalue weighted by atomic mass is 9.76. The molecule has 1 unspecified atom stereocenters. The second-order valence-corrected chi connectivity index (χ2v) is 9.90. The summed E-state index contributed by atoms with van der Waals surface area (Å²) in [4.78, 5) is 15.5. The predicted molar refractivity (Wildman–Crippen MR) is 143 cm³/mol. The zero-order valence-electron chi connectivity index (χ0n) is 20.3. The molecule has 6 rings (SSSR count). The van der Waals surface area contributed by atoms with Crippen LogP contribution >= 0.6 is 0 Å². The fourth-order valence-electron chi connectivity index (χ4n) is 6.11. The van der Waals surface area contributed by atoms with Crippen molar-refractivity contribution in [3.8, 4) is 0 Å². The van der Waals surface area contributed by atoms with Gasteiger partial charge in [0.25, 0.3) is 5.91 Å². The molecular weight excluding hydrogens is 428 g/mol.